The number of hydrogen-bond acceptors (Lipinski definition) is 2. The molecule has 0 aliphatic rings. The van der Waals surface area contributed by atoms with Crippen molar-refractivity contribution in [1.82, 2.24) is 5.32 Å². The molecule has 0 radical (unpaired) electrons. The second kappa shape index (κ2) is 8.56. The van der Waals surface area contributed by atoms with Crippen LogP contribution in [0.4, 0.5) is 5.69 Å². The molecule has 0 spiro atoms. The number of rotatable bonds is 6. The number of anilines is 1. The summed E-state index contributed by atoms with van der Waals surface area (Å²) in [7, 11) is 0. The molecule has 0 saturated heterocycles. The monoisotopic (exact) mass is 350 g/mol. The maximum Gasteiger partial charge on any atom is 0.233 e. The quantitative estimate of drug-likeness (QED) is 0.780. The van der Waals surface area contributed by atoms with Crippen molar-refractivity contribution in [2.75, 3.05) is 11.9 Å². The molecule has 0 bridgehead atoms. The second-order valence-corrected chi connectivity index (χ2v) is 5.77. The molecule has 2 amide bonds. The molecule has 2 aromatic rings. The number of carbonyl (C=O) groups excluding carboxylic acids is 2. The topological polar surface area (TPSA) is 58.2 Å². The highest BCUT2D eigenvalue weighted by atomic mass is 35.5. The summed E-state index contributed by atoms with van der Waals surface area (Å²) in [6.45, 7) is 0.458. The first kappa shape index (κ1) is 17.3. The van der Waals surface area contributed by atoms with Crippen LogP contribution in [-0.2, 0) is 16.0 Å². The molecular weight excluding hydrogens is 335 g/mol. The Bertz CT molecular complexity index is 687. The average molecular weight is 351 g/mol. The van der Waals surface area contributed by atoms with E-state index < -0.39 is 5.91 Å². The molecule has 0 saturated carbocycles. The SMILES string of the molecule is O=C(CC(=O)Nc1ccccc1Cl)NCCc1ccc(Cl)cc1. The summed E-state index contributed by atoms with van der Waals surface area (Å²) in [5.74, 6) is -0.731. The average Bonchev–Trinajstić information content (AvgIpc) is 2.51. The highest BCUT2D eigenvalue weighted by Crippen LogP contribution is 2.20. The summed E-state index contributed by atoms with van der Waals surface area (Å²) in [4.78, 5) is 23.5. The van der Waals surface area contributed by atoms with Crippen LogP contribution in [0.2, 0.25) is 10.0 Å². The van der Waals surface area contributed by atoms with Gasteiger partial charge >= 0.3 is 0 Å². The van der Waals surface area contributed by atoms with Gasteiger partial charge in [0.05, 0.1) is 10.7 Å². The van der Waals surface area contributed by atoms with Crippen molar-refractivity contribution in [3.05, 3.63) is 64.1 Å². The minimum Gasteiger partial charge on any atom is -0.355 e. The third-order valence-corrected chi connectivity index (χ3v) is 3.70. The van der Waals surface area contributed by atoms with Crippen molar-refractivity contribution >= 4 is 40.7 Å². The van der Waals surface area contributed by atoms with Gasteiger partial charge in [0.15, 0.2) is 0 Å². The van der Waals surface area contributed by atoms with Crippen LogP contribution >= 0.6 is 23.2 Å². The fourth-order valence-electron chi connectivity index (χ4n) is 1.96. The normalized spacial score (nSPS) is 10.2. The van der Waals surface area contributed by atoms with Crippen LogP contribution < -0.4 is 10.6 Å². The zero-order valence-electron chi connectivity index (χ0n) is 12.3. The zero-order chi connectivity index (χ0) is 16.7. The Hall–Kier alpha value is -2.04. The molecule has 4 nitrogen and oxygen atoms in total. The number of benzene rings is 2. The molecular formula is C17H16Cl2N2O2. The first-order valence-electron chi connectivity index (χ1n) is 7.10. The van der Waals surface area contributed by atoms with Crippen molar-refractivity contribution in [3.8, 4) is 0 Å². The van der Waals surface area contributed by atoms with Crippen LogP contribution in [0.5, 0.6) is 0 Å². The number of nitrogens with one attached hydrogen (secondary N) is 2. The van der Waals surface area contributed by atoms with Crippen LogP contribution in [-0.4, -0.2) is 18.4 Å². The van der Waals surface area contributed by atoms with E-state index in [9.17, 15) is 9.59 Å². The molecule has 0 aromatic heterocycles. The van der Waals surface area contributed by atoms with E-state index in [4.69, 9.17) is 23.2 Å². The van der Waals surface area contributed by atoms with Gasteiger partial charge in [-0.25, -0.2) is 0 Å². The van der Waals surface area contributed by atoms with Crippen LogP contribution in [0, 0.1) is 0 Å². The molecule has 0 fully saturated rings. The Kier molecular flexibility index (Phi) is 6.44. The van der Waals surface area contributed by atoms with Gasteiger partial charge in [-0.3, -0.25) is 9.59 Å². The molecule has 0 aliphatic heterocycles. The van der Waals surface area contributed by atoms with Crippen LogP contribution in [0.3, 0.4) is 0 Å². The van der Waals surface area contributed by atoms with Crippen molar-refractivity contribution in [2.24, 2.45) is 0 Å². The first-order valence-corrected chi connectivity index (χ1v) is 7.86. The lowest BCUT2D eigenvalue weighted by Crippen LogP contribution is -2.29. The summed E-state index contributed by atoms with van der Waals surface area (Å²) >= 11 is 11.8. The van der Waals surface area contributed by atoms with Gasteiger partial charge in [-0.15, -0.1) is 0 Å². The molecule has 6 heteroatoms. The van der Waals surface area contributed by atoms with Crippen molar-refractivity contribution < 1.29 is 9.59 Å². The van der Waals surface area contributed by atoms with E-state index in [1.807, 2.05) is 12.1 Å². The minimum absolute atomic E-state index is 0.244. The van der Waals surface area contributed by atoms with Gasteiger partial charge in [0.2, 0.25) is 11.8 Å². The van der Waals surface area contributed by atoms with Crippen molar-refractivity contribution in [3.63, 3.8) is 0 Å². The van der Waals surface area contributed by atoms with Crippen LogP contribution in [0.1, 0.15) is 12.0 Å². The van der Waals surface area contributed by atoms with E-state index in [0.717, 1.165) is 5.56 Å². The fraction of sp³-hybridized carbons (Fsp3) is 0.176. The van der Waals surface area contributed by atoms with Gasteiger partial charge in [-0.2, -0.15) is 0 Å². The van der Waals surface area contributed by atoms with E-state index in [2.05, 4.69) is 10.6 Å². The number of amides is 2. The molecule has 2 rings (SSSR count). The van der Waals surface area contributed by atoms with E-state index in [1.54, 1.807) is 36.4 Å². The third-order valence-electron chi connectivity index (χ3n) is 3.12. The zero-order valence-corrected chi connectivity index (χ0v) is 13.8. The maximum atomic E-state index is 11.8. The first-order chi connectivity index (χ1) is 11.0. The van der Waals surface area contributed by atoms with Gasteiger partial charge in [0.25, 0.3) is 0 Å². The molecule has 2 aromatic carbocycles. The fourth-order valence-corrected chi connectivity index (χ4v) is 2.27. The molecule has 23 heavy (non-hydrogen) atoms. The van der Waals surface area contributed by atoms with Gasteiger partial charge in [0.1, 0.15) is 6.42 Å². The largest absolute Gasteiger partial charge is 0.355 e. The predicted octanol–water partition coefficient (Wildman–Crippen LogP) is 3.68. The standard InChI is InChI=1S/C17H16Cl2N2O2/c18-13-7-5-12(6-8-13)9-10-20-16(22)11-17(23)21-15-4-2-1-3-14(15)19/h1-8H,9-11H2,(H,20,22)(H,21,23). The number of para-hydroxylation sites is 1. The van der Waals surface area contributed by atoms with Crippen molar-refractivity contribution in [1.29, 1.82) is 0 Å². The number of carbonyl (C=O) groups is 2. The lowest BCUT2D eigenvalue weighted by molar-refractivity contribution is -0.126. The van der Waals surface area contributed by atoms with Crippen LogP contribution in [0.25, 0.3) is 0 Å². The van der Waals surface area contributed by atoms with E-state index in [1.165, 1.54) is 0 Å². The summed E-state index contributed by atoms with van der Waals surface area (Å²) in [5.41, 5.74) is 1.56. The molecule has 0 unspecified atom stereocenters. The van der Waals surface area contributed by atoms with Gasteiger partial charge < -0.3 is 10.6 Å². The Morgan fingerprint density at radius 3 is 2.30 bits per heavy atom. The Balaban J connectivity index is 1.73. The minimum atomic E-state index is -0.401. The highest BCUT2D eigenvalue weighted by Gasteiger charge is 2.10. The summed E-state index contributed by atoms with van der Waals surface area (Å²) in [5, 5.41) is 6.43. The van der Waals surface area contributed by atoms with E-state index in [0.29, 0.717) is 28.7 Å². The molecule has 0 aliphatic carbocycles. The number of halogens is 2. The van der Waals surface area contributed by atoms with Gasteiger partial charge in [-0.1, -0.05) is 47.5 Å². The van der Waals surface area contributed by atoms with E-state index in [-0.39, 0.29) is 12.3 Å². The second-order valence-electron chi connectivity index (χ2n) is 4.93. The van der Waals surface area contributed by atoms with Gasteiger partial charge in [-0.05, 0) is 36.2 Å². The van der Waals surface area contributed by atoms with Crippen molar-refractivity contribution in [2.45, 2.75) is 12.8 Å². The number of hydrogen-bond donors (Lipinski definition) is 2. The molecule has 2 N–H and O–H groups in total. The lowest BCUT2D eigenvalue weighted by Gasteiger charge is -2.08. The van der Waals surface area contributed by atoms with E-state index >= 15 is 0 Å². The smallest absolute Gasteiger partial charge is 0.233 e. The molecule has 0 heterocycles. The maximum absolute atomic E-state index is 11.8. The summed E-state index contributed by atoms with van der Waals surface area (Å²) < 4.78 is 0. The summed E-state index contributed by atoms with van der Waals surface area (Å²) in [6, 6.07) is 14.3. The third kappa shape index (κ3) is 5.93. The summed E-state index contributed by atoms with van der Waals surface area (Å²) in [6.07, 6.45) is 0.431. The highest BCUT2D eigenvalue weighted by molar-refractivity contribution is 6.33. The van der Waals surface area contributed by atoms with Gasteiger partial charge in [0, 0.05) is 11.6 Å². The molecule has 0 atom stereocenters. The Labute approximate surface area is 144 Å². The molecule has 120 valence electrons. The van der Waals surface area contributed by atoms with Crippen LogP contribution in [0.15, 0.2) is 48.5 Å². The Morgan fingerprint density at radius 1 is 0.913 bits per heavy atom. The lowest BCUT2D eigenvalue weighted by atomic mass is 10.1. The Morgan fingerprint density at radius 2 is 1.61 bits per heavy atom. The predicted molar refractivity (Wildman–Crippen MR) is 92.9 cm³/mol.